The Labute approximate surface area is 65.9 Å². The molecule has 3 fully saturated rings. The van der Waals surface area contributed by atoms with Crippen LogP contribution in [-0.4, -0.2) is 18.0 Å². The molecule has 0 aromatic rings. The van der Waals surface area contributed by atoms with Gasteiger partial charge >= 0.3 is 0 Å². The maximum atomic E-state index is 11.6. The number of ketones is 1. The zero-order chi connectivity index (χ0) is 7.42. The Balaban J connectivity index is 2.03. The first-order valence-corrected chi connectivity index (χ1v) is 4.55. The van der Waals surface area contributed by atoms with Gasteiger partial charge in [0.15, 0.2) is 0 Å². The second kappa shape index (κ2) is 1.86. The van der Waals surface area contributed by atoms with E-state index < -0.39 is 0 Å². The number of hydrogen-bond donors (Lipinski definition) is 0. The molecule has 2 aliphatic heterocycles. The van der Waals surface area contributed by atoms with Gasteiger partial charge in [0.1, 0.15) is 5.78 Å². The smallest absolute Gasteiger partial charge is 0.144 e. The summed E-state index contributed by atoms with van der Waals surface area (Å²) < 4.78 is 5.73. The first-order valence-electron chi connectivity index (χ1n) is 4.55. The summed E-state index contributed by atoms with van der Waals surface area (Å²) in [7, 11) is 0. The Kier molecular flexibility index (Phi) is 1.05. The molecule has 0 unspecified atom stereocenters. The molecule has 0 aromatic carbocycles. The fraction of sp³-hybridized carbons (Fsp3) is 0.889. The highest BCUT2D eigenvalue weighted by atomic mass is 16.5. The van der Waals surface area contributed by atoms with Crippen LogP contribution in [0.2, 0.25) is 0 Å². The summed E-state index contributed by atoms with van der Waals surface area (Å²) in [5.41, 5.74) is 0. The molecule has 2 saturated heterocycles. The van der Waals surface area contributed by atoms with Crippen molar-refractivity contribution in [2.24, 2.45) is 11.8 Å². The lowest BCUT2D eigenvalue weighted by atomic mass is 9.96. The van der Waals surface area contributed by atoms with Gasteiger partial charge in [0.05, 0.1) is 12.2 Å². The summed E-state index contributed by atoms with van der Waals surface area (Å²) in [6, 6.07) is 0. The van der Waals surface area contributed by atoms with Crippen LogP contribution in [0.15, 0.2) is 0 Å². The SMILES string of the molecule is O=C1[C@H]2CC[C@@H]1[C@@H]1CC[C@@H]2O1. The fourth-order valence-electron chi connectivity index (χ4n) is 2.94. The highest BCUT2D eigenvalue weighted by molar-refractivity contribution is 5.87. The van der Waals surface area contributed by atoms with Gasteiger partial charge in [-0.1, -0.05) is 0 Å². The Hall–Kier alpha value is -0.370. The van der Waals surface area contributed by atoms with E-state index in [1.165, 1.54) is 0 Å². The molecule has 0 aromatic heterocycles. The van der Waals surface area contributed by atoms with Crippen molar-refractivity contribution in [3.63, 3.8) is 0 Å². The second-order valence-electron chi connectivity index (χ2n) is 3.98. The van der Waals surface area contributed by atoms with E-state index in [9.17, 15) is 4.79 Å². The zero-order valence-corrected chi connectivity index (χ0v) is 6.45. The summed E-state index contributed by atoms with van der Waals surface area (Å²) >= 11 is 0. The normalized spacial score (nSPS) is 53.6. The first-order chi connectivity index (χ1) is 5.36. The van der Waals surface area contributed by atoms with Gasteiger partial charge in [0.2, 0.25) is 0 Å². The first kappa shape index (κ1) is 6.18. The predicted molar refractivity (Wildman–Crippen MR) is 39.1 cm³/mol. The van der Waals surface area contributed by atoms with Crippen LogP contribution in [0.5, 0.6) is 0 Å². The molecule has 11 heavy (non-hydrogen) atoms. The standard InChI is InChI=1S/C9H12O2/c10-9-5-1-2-6(9)8-4-3-7(5)11-8/h5-8H,1-4H2/t5-,6+,7-,8-/m0/s1. The Morgan fingerprint density at radius 1 is 1.00 bits per heavy atom. The molecule has 2 heterocycles. The van der Waals surface area contributed by atoms with Crippen LogP contribution in [0.1, 0.15) is 25.7 Å². The van der Waals surface area contributed by atoms with Crippen molar-refractivity contribution in [1.29, 1.82) is 0 Å². The molecule has 3 aliphatic rings. The minimum absolute atomic E-state index is 0.291. The Bertz CT molecular complexity index is 192. The van der Waals surface area contributed by atoms with Crippen LogP contribution in [0.25, 0.3) is 0 Å². The second-order valence-corrected chi connectivity index (χ2v) is 3.98. The fourth-order valence-corrected chi connectivity index (χ4v) is 2.94. The van der Waals surface area contributed by atoms with Crippen molar-refractivity contribution in [3.05, 3.63) is 0 Å². The third-order valence-electron chi connectivity index (χ3n) is 3.50. The van der Waals surface area contributed by atoms with Gasteiger partial charge in [-0.2, -0.15) is 0 Å². The molecule has 2 nitrogen and oxygen atoms in total. The third-order valence-corrected chi connectivity index (χ3v) is 3.50. The average Bonchev–Trinajstić information content (AvgIpc) is 2.42. The summed E-state index contributed by atoms with van der Waals surface area (Å²) in [5, 5.41) is 0. The van der Waals surface area contributed by atoms with Crippen molar-refractivity contribution in [2.45, 2.75) is 37.9 Å². The van der Waals surface area contributed by atoms with E-state index in [4.69, 9.17) is 4.74 Å². The molecular formula is C9H12O2. The molecule has 0 radical (unpaired) electrons. The van der Waals surface area contributed by atoms with Crippen molar-refractivity contribution >= 4 is 5.78 Å². The van der Waals surface area contributed by atoms with Gasteiger partial charge in [0.25, 0.3) is 0 Å². The highest BCUT2D eigenvalue weighted by Crippen LogP contribution is 2.46. The molecule has 4 bridgehead atoms. The number of ether oxygens (including phenoxy) is 1. The van der Waals surface area contributed by atoms with Gasteiger partial charge in [-0.15, -0.1) is 0 Å². The predicted octanol–water partition coefficient (Wildman–Crippen LogP) is 1.14. The Morgan fingerprint density at radius 3 is 2.09 bits per heavy atom. The van der Waals surface area contributed by atoms with E-state index in [0.29, 0.717) is 29.8 Å². The molecule has 0 N–H and O–H groups in total. The van der Waals surface area contributed by atoms with Crippen molar-refractivity contribution in [2.75, 3.05) is 0 Å². The molecule has 1 aliphatic carbocycles. The quantitative estimate of drug-likeness (QED) is 0.520. The van der Waals surface area contributed by atoms with Crippen LogP contribution >= 0.6 is 0 Å². The lowest BCUT2D eigenvalue weighted by Gasteiger charge is -2.25. The number of hydrogen-bond acceptors (Lipinski definition) is 2. The van der Waals surface area contributed by atoms with Crippen molar-refractivity contribution in [1.82, 2.24) is 0 Å². The van der Waals surface area contributed by atoms with E-state index in [1.807, 2.05) is 0 Å². The summed E-state index contributed by atoms with van der Waals surface area (Å²) in [6.45, 7) is 0. The lowest BCUT2D eigenvalue weighted by molar-refractivity contribution is -0.140. The van der Waals surface area contributed by atoms with E-state index in [-0.39, 0.29) is 0 Å². The van der Waals surface area contributed by atoms with Gasteiger partial charge < -0.3 is 4.74 Å². The maximum Gasteiger partial charge on any atom is 0.144 e. The number of rotatable bonds is 0. The summed E-state index contributed by atoms with van der Waals surface area (Å²) in [4.78, 5) is 11.6. The van der Waals surface area contributed by atoms with E-state index in [2.05, 4.69) is 0 Å². The molecule has 60 valence electrons. The largest absolute Gasteiger partial charge is 0.373 e. The highest BCUT2D eigenvalue weighted by Gasteiger charge is 2.52. The number of fused-ring (bicyclic) bond motifs is 6. The molecule has 3 rings (SSSR count). The monoisotopic (exact) mass is 152 g/mol. The number of carbonyl (C=O) groups is 1. The zero-order valence-electron chi connectivity index (χ0n) is 6.45. The van der Waals surface area contributed by atoms with Crippen LogP contribution in [0, 0.1) is 11.8 Å². The molecule has 0 amide bonds. The maximum absolute atomic E-state index is 11.6. The molecule has 4 atom stereocenters. The van der Waals surface area contributed by atoms with E-state index >= 15 is 0 Å². The van der Waals surface area contributed by atoms with Crippen molar-refractivity contribution in [3.8, 4) is 0 Å². The Morgan fingerprint density at radius 2 is 1.55 bits per heavy atom. The van der Waals surface area contributed by atoms with Crippen LogP contribution in [0.4, 0.5) is 0 Å². The van der Waals surface area contributed by atoms with E-state index in [1.54, 1.807) is 0 Å². The van der Waals surface area contributed by atoms with Gasteiger partial charge in [0, 0.05) is 11.8 Å². The summed E-state index contributed by atoms with van der Waals surface area (Å²) in [5.74, 6) is 1.10. The lowest BCUT2D eigenvalue weighted by Crippen LogP contribution is -2.36. The van der Waals surface area contributed by atoms with Crippen LogP contribution in [0.3, 0.4) is 0 Å². The topological polar surface area (TPSA) is 26.3 Å². The van der Waals surface area contributed by atoms with Gasteiger partial charge in [-0.25, -0.2) is 0 Å². The molecule has 0 spiro atoms. The van der Waals surface area contributed by atoms with Gasteiger partial charge in [-0.05, 0) is 25.7 Å². The minimum Gasteiger partial charge on any atom is -0.373 e. The number of carbonyl (C=O) groups excluding carboxylic acids is 1. The molecular weight excluding hydrogens is 140 g/mol. The van der Waals surface area contributed by atoms with Crippen LogP contribution < -0.4 is 0 Å². The van der Waals surface area contributed by atoms with Crippen LogP contribution in [-0.2, 0) is 9.53 Å². The average molecular weight is 152 g/mol. The van der Waals surface area contributed by atoms with Gasteiger partial charge in [-0.3, -0.25) is 4.79 Å². The molecule has 1 saturated carbocycles. The van der Waals surface area contributed by atoms with E-state index in [0.717, 1.165) is 25.7 Å². The van der Waals surface area contributed by atoms with Crippen molar-refractivity contribution < 1.29 is 9.53 Å². The third kappa shape index (κ3) is 0.639. The summed E-state index contributed by atoms with van der Waals surface area (Å²) in [6.07, 6.45) is 5.10. The number of Topliss-reactive ketones (excluding diaryl/α,β-unsaturated/α-hetero) is 1. The molecule has 2 heteroatoms. The minimum atomic E-state index is 0.291.